The first-order chi connectivity index (χ1) is 14.2. The molecule has 7 nitrogen and oxygen atoms in total. The number of aromatic nitrogens is 2. The number of H-pyrrole nitrogens is 1. The molecule has 1 aliphatic heterocycles. The van der Waals surface area contributed by atoms with Crippen molar-refractivity contribution < 1.29 is 4.92 Å². The van der Waals surface area contributed by atoms with Crippen LogP contribution in [-0.2, 0) is 0 Å². The van der Waals surface area contributed by atoms with Gasteiger partial charge < -0.3 is 4.98 Å². The average Bonchev–Trinajstić information content (AvgIpc) is 3.39. The zero-order valence-corrected chi connectivity index (χ0v) is 15.4. The molecule has 0 aliphatic carbocycles. The lowest BCUT2D eigenvalue weighted by molar-refractivity contribution is -0.384. The molecule has 0 radical (unpaired) electrons. The number of nitro groups is 1. The number of hydrogen-bond donors (Lipinski definition) is 1. The van der Waals surface area contributed by atoms with Gasteiger partial charge in [-0.1, -0.05) is 48.5 Å². The highest BCUT2D eigenvalue weighted by Crippen LogP contribution is 2.36. The zero-order valence-electron chi connectivity index (χ0n) is 15.4. The Morgan fingerprint density at radius 3 is 2.45 bits per heavy atom. The Bertz CT molecular complexity index is 1220. The second kappa shape index (κ2) is 6.87. The number of rotatable bonds is 4. The highest BCUT2D eigenvalue weighted by atomic mass is 16.6. The van der Waals surface area contributed by atoms with E-state index in [9.17, 15) is 10.1 Å². The summed E-state index contributed by atoms with van der Waals surface area (Å²) in [5.74, 6) is 0.639. The highest BCUT2D eigenvalue weighted by Gasteiger charge is 2.31. The third-order valence-corrected chi connectivity index (χ3v) is 5.07. The van der Waals surface area contributed by atoms with Gasteiger partial charge >= 0.3 is 0 Å². The van der Waals surface area contributed by atoms with Gasteiger partial charge in [0.15, 0.2) is 5.82 Å². The van der Waals surface area contributed by atoms with E-state index in [4.69, 9.17) is 5.10 Å². The third-order valence-electron chi connectivity index (χ3n) is 5.07. The number of imidazole rings is 1. The molecule has 29 heavy (non-hydrogen) atoms. The van der Waals surface area contributed by atoms with E-state index in [1.54, 1.807) is 6.07 Å². The fraction of sp³-hybridized carbons (Fsp3) is 0.0909. The second-order valence-electron chi connectivity index (χ2n) is 6.90. The van der Waals surface area contributed by atoms with Crippen LogP contribution in [0.2, 0.25) is 0 Å². The van der Waals surface area contributed by atoms with Gasteiger partial charge in [-0.25, -0.2) is 4.98 Å². The Balaban J connectivity index is 1.56. The van der Waals surface area contributed by atoms with Crippen LogP contribution in [0.1, 0.15) is 23.9 Å². The predicted octanol–water partition coefficient (Wildman–Crippen LogP) is 4.83. The van der Waals surface area contributed by atoms with Crippen LogP contribution in [-0.4, -0.2) is 20.6 Å². The van der Waals surface area contributed by atoms with Crippen molar-refractivity contribution in [2.45, 2.75) is 12.5 Å². The molecule has 0 spiro atoms. The minimum atomic E-state index is -0.407. The smallest absolute Gasteiger partial charge is 0.271 e. The van der Waals surface area contributed by atoms with Crippen LogP contribution in [0, 0.1) is 10.1 Å². The molecule has 0 saturated heterocycles. The summed E-state index contributed by atoms with van der Waals surface area (Å²) in [5, 5.41) is 17.9. The first kappa shape index (κ1) is 17.1. The maximum atomic E-state index is 11.0. The quantitative estimate of drug-likeness (QED) is 0.404. The molecular weight excluding hydrogens is 366 g/mol. The lowest BCUT2D eigenvalue weighted by Gasteiger charge is -2.23. The number of fused-ring (bicyclic) bond motifs is 1. The number of hydrazone groups is 1. The molecule has 0 saturated carbocycles. The van der Waals surface area contributed by atoms with E-state index < -0.39 is 4.92 Å². The van der Waals surface area contributed by atoms with Gasteiger partial charge in [-0.2, -0.15) is 5.10 Å². The number of nitrogens with zero attached hydrogens (tertiary/aromatic N) is 4. The fourth-order valence-corrected chi connectivity index (χ4v) is 3.65. The van der Waals surface area contributed by atoms with E-state index in [0.717, 1.165) is 11.4 Å². The van der Waals surface area contributed by atoms with Crippen LogP contribution in [0.15, 0.2) is 84.0 Å². The van der Waals surface area contributed by atoms with Crippen molar-refractivity contribution in [3.8, 4) is 0 Å². The minimum Gasteiger partial charge on any atom is -0.337 e. The molecule has 1 atom stereocenters. The molecule has 0 fully saturated rings. The molecule has 0 amide bonds. The van der Waals surface area contributed by atoms with Crippen LogP contribution >= 0.6 is 0 Å². The summed E-state index contributed by atoms with van der Waals surface area (Å²) in [7, 11) is 0. The summed E-state index contributed by atoms with van der Waals surface area (Å²) in [4.78, 5) is 18.5. The van der Waals surface area contributed by atoms with Crippen LogP contribution < -0.4 is 5.01 Å². The van der Waals surface area contributed by atoms with E-state index in [2.05, 4.69) is 22.1 Å². The van der Waals surface area contributed by atoms with E-state index in [0.29, 0.717) is 23.3 Å². The van der Waals surface area contributed by atoms with Gasteiger partial charge in [0, 0.05) is 18.6 Å². The molecule has 1 N–H and O–H groups in total. The first-order valence-corrected chi connectivity index (χ1v) is 9.30. The standard InChI is InChI=1S/C22H17N5O2/c28-27(29)17-11-12-18-19(13-17)24-22(23-18)20-14-21(15-7-3-1-4-8-15)26(25-20)16-9-5-2-6-10-16/h1-13,21H,14H2,(H,23,24)/t21-/m1/s1. The van der Waals surface area contributed by atoms with Crippen LogP contribution in [0.3, 0.4) is 0 Å². The van der Waals surface area contributed by atoms with Gasteiger partial charge in [0.2, 0.25) is 0 Å². The third kappa shape index (κ3) is 3.12. The SMILES string of the molecule is O=[N+]([O-])c1ccc2nc(C3=NN(c4ccccc4)[C@@H](c4ccccc4)C3)[nH]c2c1. The number of aromatic amines is 1. The fourth-order valence-electron chi connectivity index (χ4n) is 3.65. The molecule has 2 heterocycles. The van der Waals surface area contributed by atoms with Crippen LogP contribution in [0.4, 0.5) is 11.4 Å². The van der Waals surface area contributed by atoms with E-state index in [1.807, 2.05) is 53.5 Å². The molecule has 1 aromatic heterocycles. The van der Waals surface area contributed by atoms with Gasteiger partial charge in [-0.05, 0) is 23.8 Å². The predicted molar refractivity (Wildman–Crippen MR) is 112 cm³/mol. The largest absolute Gasteiger partial charge is 0.337 e. The molecule has 1 aliphatic rings. The Hall–Kier alpha value is -4.00. The van der Waals surface area contributed by atoms with Gasteiger partial charge in [0.25, 0.3) is 5.69 Å². The topological polar surface area (TPSA) is 87.4 Å². The number of para-hydroxylation sites is 1. The maximum Gasteiger partial charge on any atom is 0.271 e. The van der Waals surface area contributed by atoms with Gasteiger partial charge in [-0.15, -0.1) is 0 Å². The Morgan fingerprint density at radius 2 is 1.72 bits per heavy atom. The number of anilines is 1. The highest BCUT2D eigenvalue weighted by molar-refractivity contribution is 6.02. The Labute approximate surface area is 166 Å². The van der Waals surface area contributed by atoms with Crippen LogP contribution in [0.25, 0.3) is 11.0 Å². The number of nitro benzene ring substituents is 1. The minimum absolute atomic E-state index is 0.0362. The van der Waals surface area contributed by atoms with Crippen molar-refractivity contribution in [2.75, 3.05) is 5.01 Å². The van der Waals surface area contributed by atoms with Crippen LogP contribution in [0.5, 0.6) is 0 Å². The molecule has 3 aromatic carbocycles. The normalized spacial score (nSPS) is 16.2. The van der Waals surface area contributed by atoms with Gasteiger partial charge in [0.1, 0.15) is 5.71 Å². The van der Waals surface area contributed by atoms with Crippen molar-refractivity contribution >= 4 is 28.1 Å². The maximum absolute atomic E-state index is 11.0. The molecule has 5 rings (SSSR count). The van der Waals surface area contributed by atoms with E-state index in [1.165, 1.54) is 17.7 Å². The van der Waals surface area contributed by atoms with Crippen molar-refractivity contribution in [1.29, 1.82) is 0 Å². The summed E-state index contributed by atoms with van der Waals surface area (Å²) < 4.78 is 0. The molecular formula is C22H17N5O2. The summed E-state index contributed by atoms with van der Waals surface area (Å²) in [6, 6.07) is 25.0. The first-order valence-electron chi connectivity index (χ1n) is 9.30. The van der Waals surface area contributed by atoms with Crippen molar-refractivity contribution in [3.63, 3.8) is 0 Å². The number of nitrogens with one attached hydrogen (secondary N) is 1. The lowest BCUT2D eigenvalue weighted by Crippen LogP contribution is -2.18. The molecule has 0 unspecified atom stereocenters. The summed E-state index contributed by atoms with van der Waals surface area (Å²) in [6.45, 7) is 0. The second-order valence-corrected chi connectivity index (χ2v) is 6.90. The number of benzene rings is 3. The van der Waals surface area contributed by atoms with E-state index >= 15 is 0 Å². The summed E-state index contributed by atoms with van der Waals surface area (Å²) >= 11 is 0. The Morgan fingerprint density at radius 1 is 1.00 bits per heavy atom. The molecule has 0 bridgehead atoms. The lowest BCUT2D eigenvalue weighted by atomic mass is 10.0. The monoisotopic (exact) mass is 383 g/mol. The van der Waals surface area contributed by atoms with Crippen molar-refractivity contribution in [3.05, 3.63) is 100 Å². The number of hydrogen-bond acceptors (Lipinski definition) is 5. The van der Waals surface area contributed by atoms with Gasteiger partial charge in [-0.3, -0.25) is 15.1 Å². The zero-order chi connectivity index (χ0) is 19.8. The summed E-state index contributed by atoms with van der Waals surface area (Å²) in [6.07, 6.45) is 0.681. The Kier molecular flexibility index (Phi) is 4.05. The van der Waals surface area contributed by atoms with Crippen molar-refractivity contribution in [1.82, 2.24) is 9.97 Å². The van der Waals surface area contributed by atoms with E-state index in [-0.39, 0.29) is 11.7 Å². The molecule has 7 heteroatoms. The number of non-ortho nitro benzene ring substituents is 1. The van der Waals surface area contributed by atoms with Gasteiger partial charge in [0.05, 0.1) is 27.7 Å². The molecule has 4 aromatic rings. The summed E-state index contributed by atoms with van der Waals surface area (Å²) in [5.41, 5.74) is 4.34. The van der Waals surface area contributed by atoms with Crippen molar-refractivity contribution in [2.24, 2.45) is 5.10 Å². The molecule has 142 valence electrons. The average molecular weight is 383 g/mol.